The van der Waals surface area contributed by atoms with E-state index in [9.17, 15) is 4.79 Å². The summed E-state index contributed by atoms with van der Waals surface area (Å²) in [6.45, 7) is 3.83. The van der Waals surface area contributed by atoms with Crippen LogP contribution in [0.5, 0.6) is 0 Å². The van der Waals surface area contributed by atoms with Crippen LogP contribution in [0.3, 0.4) is 0 Å². The molecule has 2 heterocycles. The van der Waals surface area contributed by atoms with Crippen LogP contribution in [-0.2, 0) is 0 Å². The maximum atomic E-state index is 11.6. The minimum Gasteiger partial charge on any atom is -0.338 e. The van der Waals surface area contributed by atoms with Gasteiger partial charge >= 0.3 is 6.03 Å². The van der Waals surface area contributed by atoms with Crippen LogP contribution in [-0.4, -0.2) is 55.2 Å². The second-order valence-corrected chi connectivity index (χ2v) is 4.22. The molecule has 15 heavy (non-hydrogen) atoms. The number of nitrogens with one attached hydrogen (secondary N) is 2. The van der Waals surface area contributed by atoms with E-state index in [2.05, 4.69) is 15.8 Å². The van der Waals surface area contributed by atoms with Gasteiger partial charge in [-0.2, -0.15) is 0 Å². The molecule has 0 saturated carbocycles. The van der Waals surface area contributed by atoms with Gasteiger partial charge in [0.15, 0.2) is 0 Å². The molecule has 0 aromatic rings. The molecule has 2 amide bonds. The first-order valence-corrected chi connectivity index (χ1v) is 5.78. The van der Waals surface area contributed by atoms with E-state index in [1.54, 1.807) is 0 Å². The molecule has 2 aliphatic rings. The molecule has 2 fully saturated rings. The van der Waals surface area contributed by atoms with E-state index < -0.39 is 0 Å². The molecule has 2 aliphatic heterocycles. The minimum atomic E-state index is 0.129. The molecule has 0 unspecified atom stereocenters. The van der Waals surface area contributed by atoms with Crippen LogP contribution in [0.15, 0.2) is 0 Å². The van der Waals surface area contributed by atoms with E-state index in [0.29, 0.717) is 6.04 Å². The molecule has 0 aromatic heterocycles. The van der Waals surface area contributed by atoms with Gasteiger partial charge in [0.1, 0.15) is 0 Å². The third-order valence-corrected chi connectivity index (χ3v) is 3.33. The summed E-state index contributed by atoms with van der Waals surface area (Å²) in [5, 5.41) is 5.12. The molecule has 86 valence electrons. The molecular weight excluding hydrogens is 192 g/mol. The zero-order valence-corrected chi connectivity index (χ0v) is 9.33. The highest BCUT2D eigenvalue weighted by Crippen LogP contribution is 2.17. The van der Waals surface area contributed by atoms with E-state index in [0.717, 1.165) is 45.4 Å². The third kappa shape index (κ3) is 2.41. The molecule has 5 heteroatoms. The molecule has 5 nitrogen and oxygen atoms in total. The number of amides is 2. The molecule has 0 aromatic carbocycles. The van der Waals surface area contributed by atoms with Crippen LogP contribution >= 0.6 is 0 Å². The van der Waals surface area contributed by atoms with Gasteiger partial charge in [-0.1, -0.05) is 0 Å². The molecule has 2 N–H and O–H groups in total. The predicted octanol–water partition coefficient (Wildman–Crippen LogP) is 0.000500. The lowest BCUT2D eigenvalue weighted by Gasteiger charge is -2.39. The van der Waals surface area contributed by atoms with Crippen LogP contribution in [0, 0.1) is 0 Å². The van der Waals surface area contributed by atoms with E-state index in [1.807, 2.05) is 11.9 Å². The third-order valence-electron chi connectivity index (χ3n) is 3.33. The van der Waals surface area contributed by atoms with E-state index >= 15 is 0 Å². The highest BCUT2D eigenvalue weighted by Gasteiger charge is 2.28. The molecule has 0 bridgehead atoms. The van der Waals surface area contributed by atoms with Crippen molar-refractivity contribution >= 4 is 6.03 Å². The maximum absolute atomic E-state index is 11.6. The molecule has 2 rings (SSSR count). The second-order valence-electron chi connectivity index (χ2n) is 4.22. The maximum Gasteiger partial charge on any atom is 0.317 e. The normalized spacial score (nSPS) is 25.4. The standard InChI is InChI=1S/C10H20N4O/c1-11-13-7-3-9(4-8-13)14-6-2-5-12-10(14)15/h9,11H,2-8H2,1H3,(H,12,15). The quantitative estimate of drug-likeness (QED) is 0.677. The lowest BCUT2D eigenvalue weighted by atomic mass is 10.0. The first-order valence-electron chi connectivity index (χ1n) is 5.78. The van der Waals surface area contributed by atoms with Crippen LogP contribution in [0.25, 0.3) is 0 Å². The van der Waals surface area contributed by atoms with Crippen molar-refractivity contribution in [2.75, 3.05) is 33.2 Å². The summed E-state index contributed by atoms with van der Waals surface area (Å²) in [7, 11) is 1.95. The van der Waals surface area contributed by atoms with Crippen molar-refractivity contribution in [2.45, 2.75) is 25.3 Å². The number of carbonyl (C=O) groups is 1. The van der Waals surface area contributed by atoms with Crippen LogP contribution in [0.2, 0.25) is 0 Å². The van der Waals surface area contributed by atoms with Crippen molar-refractivity contribution in [3.63, 3.8) is 0 Å². The molecule has 0 radical (unpaired) electrons. The largest absolute Gasteiger partial charge is 0.338 e. The average molecular weight is 212 g/mol. The Morgan fingerprint density at radius 3 is 2.67 bits per heavy atom. The van der Waals surface area contributed by atoms with Gasteiger partial charge in [-0.25, -0.2) is 9.80 Å². The number of urea groups is 1. The Hall–Kier alpha value is -0.810. The Bertz CT molecular complexity index is 225. The van der Waals surface area contributed by atoms with Gasteiger partial charge in [-0.05, 0) is 26.3 Å². The zero-order chi connectivity index (χ0) is 10.7. The van der Waals surface area contributed by atoms with Gasteiger partial charge in [0.25, 0.3) is 0 Å². The first-order chi connectivity index (χ1) is 7.31. The van der Waals surface area contributed by atoms with Crippen molar-refractivity contribution in [3.8, 4) is 0 Å². The topological polar surface area (TPSA) is 47.6 Å². The number of carbonyl (C=O) groups excluding carboxylic acids is 1. The van der Waals surface area contributed by atoms with E-state index in [-0.39, 0.29) is 6.03 Å². The van der Waals surface area contributed by atoms with Crippen LogP contribution in [0.1, 0.15) is 19.3 Å². The average Bonchev–Trinajstić information content (AvgIpc) is 2.30. The summed E-state index contributed by atoms with van der Waals surface area (Å²) in [6, 6.07) is 0.569. The Morgan fingerprint density at radius 2 is 2.07 bits per heavy atom. The van der Waals surface area contributed by atoms with Gasteiger partial charge in [0.2, 0.25) is 0 Å². The number of rotatable bonds is 2. The monoisotopic (exact) mass is 212 g/mol. The van der Waals surface area contributed by atoms with Crippen molar-refractivity contribution < 1.29 is 4.79 Å². The Balaban J connectivity index is 1.86. The summed E-state index contributed by atoms with van der Waals surface area (Å²) in [6.07, 6.45) is 3.24. The smallest absolute Gasteiger partial charge is 0.317 e. The highest BCUT2D eigenvalue weighted by atomic mass is 16.2. The second kappa shape index (κ2) is 4.81. The fourth-order valence-corrected chi connectivity index (χ4v) is 2.40. The summed E-state index contributed by atoms with van der Waals surface area (Å²) in [5.41, 5.74) is 3.15. The van der Waals surface area contributed by atoms with Crippen molar-refractivity contribution in [1.29, 1.82) is 0 Å². The fourth-order valence-electron chi connectivity index (χ4n) is 2.40. The van der Waals surface area contributed by atoms with Gasteiger partial charge in [0.05, 0.1) is 0 Å². The molecule has 0 atom stereocenters. The molecule has 2 saturated heterocycles. The number of hydrogen-bond donors (Lipinski definition) is 2. The van der Waals surface area contributed by atoms with Gasteiger partial charge < -0.3 is 10.2 Å². The summed E-state index contributed by atoms with van der Waals surface area (Å²) >= 11 is 0. The number of nitrogens with zero attached hydrogens (tertiary/aromatic N) is 2. The number of hydrogen-bond acceptors (Lipinski definition) is 3. The number of hydrazine groups is 1. The van der Waals surface area contributed by atoms with Gasteiger partial charge in [-0.3, -0.25) is 5.43 Å². The SMILES string of the molecule is CNN1CCC(N2CCCNC2=O)CC1. The van der Waals surface area contributed by atoms with Crippen molar-refractivity contribution in [2.24, 2.45) is 0 Å². The lowest BCUT2D eigenvalue weighted by Crippen LogP contribution is -2.55. The first kappa shape index (κ1) is 10.7. The fraction of sp³-hybridized carbons (Fsp3) is 0.900. The summed E-state index contributed by atoms with van der Waals surface area (Å²) in [5.74, 6) is 0. The van der Waals surface area contributed by atoms with Crippen LogP contribution in [0.4, 0.5) is 4.79 Å². The summed E-state index contributed by atoms with van der Waals surface area (Å²) in [4.78, 5) is 13.6. The van der Waals surface area contributed by atoms with Gasteiger partial charge in [-0.15, -0.1) is 0 Å². The van der Waals surface area contributed by atoms with Crippen molar-refractivity contribution in [1.82, 2.24) is 20.7 Å². The summed E-state index contributed by atoms with van der Waals surface area (Å²) < 4.78 is 0. The molecule has 0 spiro atoms. The molecule has 0 aliphatic carbocycles. The number of piperidine rings is 1. The Morgan fingerprint density at radius 1 is 1.33 bits per heavy atom. The highest BCUT2D eigenvalue weighted by molar-refractivity contribution is 5.75. The van der Waals surface area contributed by atoms with E-state index in [1.165, 1.54) is 0 Å². The predicted molar refractivity (Wildman–Crippen MR) is 58.4 cm³/mol. The molecular formula is C10H20N4O. The lowest BCUT2D eigenvalue weighted by molar-refractivity contribution is 0.0917. The van der Waals surface area contributed by atoms with E-state index in [4.69, 9.17) is 0 Å². The van der Waals surface area contributed by atoms with Gasteiger partial charge in [0, 0.05) is 32.2 Å². The Kier molecular flexibility index (Phi) is 3.43. The minimum absolute atomic E-state index is 0.129. The van der Waals surface area contributed by atoms with Crippen LogP contribution < -0.4 is 10.7 Å². The Labute approximate surface area is 90.8 Å². The zero-order valence-electron chi connectivity index (χ0n) is 9.33. The van der Waals surface area contributed by atoms with Crippen molar-refractivity contribution in [3.05, 3.63) is 0 Å².